The van der Waals surface area contributed by atoms with Crippen LogP contribution in [0.4, 0.5) is 0 Å². The summed E-state index contributed by atoms with van der Waals surface area (Å²) in [5.41, 5.74) is 1.07. The highest BCUT2D eigenvalue weighted by molar-refractivity contribution is 14.0. The number of rotatable bonds is 3. The quantitative estimate of drug-likeness (QED) is 0.448. The molecule has 0 bridgehead atoms. The maximum absolute atomic E-state index is 4.48. The van der Waals surface area contributed by atoms with E-state index < -0.39 is 0 Å². The molecule has 0 aliphatic carbocycles. The van der Waals surface area contributed by atoms with Crippen molar-refractivity contribution in [3.63, 3.8) is 0 Å². The summed E-state index contributed by atoms with van der Waals surface area (Å²) in [7, 11) is 1.77. The number of imidazole rings is 1. The van der Waals surface area contributed by atoms with Gasteiger partial charge in [0.1, 0.15) is 11.6 Å². The minimum absolute atomic E-state index is 0. The number of guanidine groups is 1. The molecule has 0 fully saturated rings. The lowest BCUT2D eigenvalue weighted by molar-refractivity contribution is 0.501. The van der Waals surface area contributed by atoms with Crippen molar-refractivity contribution in [2.24, 2.45) is 4.99 Å². The maximum atomic E-state index is 4.48. The summed E-state index contributed by atoms with van der Waals surface area (Å²) in [5.74, 6) is 2.58. The van der Waals surface area contributed by atoms with Crippen LogP contribution in [0, 0.1) is 6.92 Å². The van der Waals surface area contributed by atoms with E-state index in [9.17, 15) is 0 Å². The molecule has 0 amide bonds. The first-order valence-corrected chi connectivity index (χ1v) is 7.33. The normalized spacial score (nSPS) is 11.8. The zero-order chi connectivity index (χ0) is 16.2. The van der Waals surface area contributed by atoms with Gasteiger partial charge in [-0.3, -0.25) is 9.56 Å². The van der Waals surface area contributed by atoms with E-state index in [0.717, 1.165) is 23.2 Å². The summed E-state index contributed by atoms with van der Waals surface area (Å²) in [6, 6.07) is 4.05. The number of hydrogen-bond acceptors (Lipinski definition) is 3. The summed E-state index contributed by atoms with van der Waals surface area (Å²) in [5, 5.41) is 6.61. The van der Waals surface area contributed by atoms with Crippen LogP contribution in [0.5, 0.6) is 0 Å². The third-order valence-electron chi connectivity index (χ3n) is 3.06. The predicted molar refractivity (Wildman–Crippen MR) is 105 cm³/mol. The second-order valence-electron chi connectivity index (χ2n) is 6.17. The van der Waals surface area contributed by atoms with Crippen molar-refractivity contribution >= 4 is 29.9 Å². The van der Waals surface area contributed by atoms with Gasteiger partial charge in [-0.25, -0.2) is 9.97 Å². The first kappa shape index (κ1) is 19.4. The standard InChI is InChI=1S/C16H24N6.HI/c1-12-18-8-9-22(12)14-7-6-13(10-19-14)11-20-15(17-5)21-16(2,3)4;/h6-10H,11H2,1-5H3,(H2,17,20,21);1H. The van der Waals surface area contributed by atoms with Crippen molar-refractivity contribution in [2.75, 3.05) is 7.05 Å². The van der Waals surface area contributed by atoms with Crippen molar-refractivity contribution in [1.29, 1.82) is 0 Å². The van der Waals surface area contributed by atoms with Gasteiger partial charge in [0.15, 0.2) is 5.96 Å². The van der Waals surface area contributed by atoms with Crippen LogP contribution in [0.1, 0.15) is 32.2 Å². The fraction of sp³-hybridized carbons (Fsp3) is 0.438. The Balaban J connectivity index is 0.00000264. The molecule has 0 aromatic carbocycles. The SMILES string of the molecule is CN=C(NCc1ccc(-n2ccnc2C)nc1)NC(C)(C)C.I. The van der Waals surface area contributed by atoms with Gasteiger partial charge in [0.05, 0.1) is 0 Å². The van der Waals surface area contributed by atoms with E-state index in [0.29, 0.717) is 6.54 Å². The molecule has 2 aromatic heterocycles. The fourth-order valence-electron chi connectivity index (χ4n) is 2.00. The number of aryl methyl sites for hydroxylation is 1. The topological polar surface area (TPSA) is 67.1 Å². The van der Waals surface area contributed by atoms with Gasteiger partial charge < -0.3 is 10.6 Å². The highest BCUT2D eigenvalue weighted by Gasteiger charge is 2.11. The molecule has 6 nitrogen and oxygen atoms in total. The molecular weight excluding hydrogens is 403 g/mol. The molecule has 0 saturated carbocycles. The third-order valence-corrected chi connectivity index (χ3v) is 3.06. The largest absolute Gasteiger partial charge is 0.352 e. The van der Waals surface area contributed by atoms with Gasteiger partial charge in [0.25, 0.3) is 0 Å². The van der Waals surface area contributed by atoms with Gasteiger partial charge >= 0.3 is 0 Å². The third kappa shape index (κ3) is 5.81. The fourth-order valence-corrected chi connectivity index (χ4v) is 2.00. The lowest BCUT2D eigenvalue weighted by Gasteiger charge is -2.23. The first-order chi connectivity index (χ1) is 10.4. The van der Waals surface area contributed by atoms with Gasteiger partial charge in [0, 0.05) is 37.7 Å². The molecule has 0 unspecified atom stereocenters. The van der Waals surface area contributed by atoms with E-state index in [4.69, 9.17) is 0 Å². The Labute approximate surface area is 154 Å². The van der Waals surface area contributed by atoms with E-state index in [1.807, 2.05) is 30.0 Å². The number of hydrogen-bond donors (Lipinski definition) is 2. The highest BCUT2D eigenvalue weighted by Crippen LogP contribution is 2.08. The summed E-state index contributed by atoms with van der Waals surface area (Å²) in [4.78, 5) is 12.9. The summed E-state index contributed by atoms with van der Waals surface area (Å²) >= 11 is 0. The van der Waals surface area contributed by atoms with Crippen molar-refractivity contribution < 1.29 is 0 Å². The zero-order valence-corrected chi connectivity index (χ0v) is 16.6. The number of aromatic nitrogens is 3. The van der Waals surface area contributed by atoms with Crippen LogP contribution in [0.15, 0.2) is 35.7 Å². The van der Waals surface area contributed by atoms with Crippen molar-refractivity contribution in [1.82, 2.24) is 25.2 Å². The van der Waals surface area contributed by atoms with Crippen molar-refractivity contribution in [2.45, 2.75) is 39.8 Å². The number of nitrogens with one attached hydrogen (secondary N) is 2. The van der Waals surface area contributed by atoms with Crippen LogP contribution in [-0.4, -0.2) is 33.1 Å². The molecule has 0 aliphatic heterocycles. The molecule has 0 aliphatic rings. The molecule has 0 spiro atoms. The molecule has 126 valence electrons. The van der Waals surface area contributed by atoms with E-state index in [1.54, 1.807) is 13.2 Å². The monoisotopic (exact) mass is 428 g/mol. The molecule has 2 rings (SSSR count). The van der Waals surface area contributed by atoms with Crippen LogP contribution in [0.25, 0.3) is 5.82 Å². The van der Waals surface area contributed by atoms with E-state index in [1.165, 1.54) is 0 Å². The van der Waals surface area contributed by atoms with Crippen LogP contribution >= 0.6 is 24.0 Å². The molecule has 0 saturated heterocycles. The predicted octanol–water partition coefficient (Wildman–Crippen LogP) is 2.66. The van der Waals surface area contributed by atoms with E-state index in [-0.39, 0.29) is 29.5 Å². The Morgan fingerprint density at radius 3 is 2.48 bits per heavy atom. The van der Waals surface area contributed by atoms with Crippen molar-refractivity contribution in [3.05, 3.63) is 42.1 Å². The maximum Gasteiger partial charge on any atom is 0.191 e. The van der Waals surface area contributed by atoms with Crippen LogP contribution in [0.2, 0.25) is 0 Å². The average Bonchev–Trinajstić information content (AvgIpc) is 2.89. The first-order valence-electron chi connectivity index (χ1n) is 7.33. The van der Waals surface area contributed by atoms with Crippen LogP contribution in [0.3, 0.4) is 0 Å². The van der Waals surface area contributed by atoms with Gasteiger partial charge in [-0.05, 0) is 39.3 Å². The minimum Gasteiger partial charge on any atom is -0.352 e. The van der Waals surface area contributed by atoms with Gasteiger partial charge in [-0.2, -0.15) is 0 Å². The Bertz CT molecular complexity index is 639. The summed E-state index contributed by atoms with van der Waals surface area (Å²) in [6.07, 6.45) is 5.55. The molecule has 2 heterocycles. The highest BCUT2D eigenvalue weighted by atomic mass is 127. The van der Waals surface area contributed by atoms with E-state index in [2.05, 4.69) is 52.4 Å². The van der Waals surface area contributed by atoms with Gasteiger partial charge in [-0.15, -0.1) is 24.0 Å². The minimum atomic E-state index is -0.0249. The molecule has 23 heavy (non-hydrogen) atoms. The van der Waals surface area contributed by atoms with Gasteiger partial charge in [-0.1, -0.05) is 6.07 Å². The molecule has 2 aromatic rings. The molecule has 2 N–H and O–H groups in total. The lowest BCUT2D eigenvalue weighted by atomic mass is 10.1. The molecule has 7 heteroatoms. The lowest BCUT2D eigenvalue weighted by Crippen LogP contribution is -2.47. The smallest absolute Gasteiger partial charge is 0.191 e. The Kier molecular flexibility index (Phi) is 6.99. The Morgan fingerprint density at radius 1 is 1.26 bits per heavy atom. The molecule has 0 radical (unpaired) electrons. The van der Waals surface area contributed by atoms with Crippen LogP contribution in [-0.2, 0) is 6.54 Å². The number of aliphatic imine (C=N–C) groups is 1. The second-order valence-corrected chi connectivity index (χ2v) is 6.17. The number of halogens is 1. The van der Waals surface area contributed by atoms with Crippen molar-refractivity contribution in [3.8, 4) is 5.82 Å². The molecular formula is C16H25IN6. The Hall–Kier alpha value is -1.64. The Morgan fingerprint density at radius 2 is 2.00 bits per heavy atom. The number of nitrogens with zero attached hydrogens (tertiary/aromatic N) is 4. The zero-order valence-electron chi connectivity index (χ0n) is 14.3. The van der Waals surface area contributed by atoms with Gasteiger partial charge in [0.2, 0.25) is 0 Å². The average molecular weight is 428 g/mol. The molecule has 0 atom stereocenters. The van der Waals surface area contributed by atoms with E-state index >= 15 is 0 Å². The number of pyridine rings is 1. The summed E-state index contributed by atoms with van der Waals surface area (Å²) < 4.78 is 1.96. The second kappa shape index (κ2) is 8.28. The van der Waals surface area contributed by atoms with Crippen LogP contribution < -0.4 is 10.6 Å². The summed E-state index contributed by atoms with van der Waals surface area (Å²) in [6.45, 7) is 8.93.